The van der Waals surface area contributed by atoms with E-state index in [1.807, 2.05) is 31.7 Å². The van der Waals surface area contributed by atoms with Crippen LogP contribution in [0.4, 0.5) is 26.1 Å². The van der Waals surface area contributed by atoms with E-state index in [0.717, 1.165) is 31.4 Å². The van der Waals surface area contributed by atoms with Crippen molar-refractivity contribution in [3.05, 3.63) is 71.6 Å². The number of hydrogen-bond acceptors (Lipinski definition) is 6. The van der Waals surface area contributed by atoms with Gasteiger partial charge in [0.25, 0.3) is 0 Å². The van der Waals surface area contributed by atoms with Gasteiger partial charge < -0.3 is 20.3 Å². The largest absolute Gasteiger partial charge is 0.479 e. The number of hydrogen-bond donors (Lipinski definition) is 2. The molecule has 5 rings (SSSR count). The highest BCUT2D eigenvalue weighted by Gasteiger charge is 2.32. The average Bonchev–Trinajstić information content (AvgIpc) is 2.81. The SMILES string of the molecule is C=C1C(C)Oc2c(F)cc(-c3nc(Nc4ccc5c(c4)CCNC5)ncc3F)cc2N1C(C)C. The quantitative estimate of drug-likeness (QED) is 0.546. The number of ether oxygens (including phenoxy) is 1. The van der Waals surface area contributed by atoms with Gasteiger partial charge in [-0.25, -0.2) is 18.7 Å². The molecule has 1 atom stereocenters. The maximum absolute atomic E-state index is 15.1. The predicted octanol–water partition coefficient (Wildman–Crippen LogP) is 5.32. The van der Waals surface area contributed by atoms with Crippen LogP contribution in [-0.2, 0) is 13.0 Å². The van der Waals surface area contributed by atoms with E-state index < -0.39 is 11.6 Å². The molecule has 1 aromatic heterocycles. The predicted molar refractivity (Wildman–Crippen MR) is 129 cm³/mol. The lowest BCUT2D eigenvalue weighted by molar-refractivity contribution is 0.229. The monoisotopic (exact) mass is 463 g/mol. The van der Waals surface area contributed by atoms with Crippen LogP contribution in [0.1, 0.15) is 31.9 Å². The molecular weight excluding hydrogens is 436 g/mol. The van der Waals surface area contributed by atoms with Crippen LogP contribution in [-0.4, -0.2) is 28.7 Å². The summed E-state index contributed by atoms with van der Waals surface area (Å²) in [6, 6.07) is 9.02. The third-order valence-electron chi connectivity index (χ3n) is 6.24. The van der Waals surface area contributed by atoms with Crippen molar-refractivity contribution in [1.29, 1.82) is 0 Å². The van der Waals surface area contributed by atoms with Gasteiger partial charge in [0.1, 0.15) is 11.8 Å². The normalized spacial score (nSPS) is 17.3. The second kappa shape index (κ2) is 8.68. The van der Waals surface area contributed by atoms with E-state index in [0.29, 0.717) is 16.9 Å². The first-order valence-electron chi connectivity index (χ1n) is 11.4. The van der Waals surface area contributed by atoms with E-state index in [4.69, 9.17) is 4.74 Å². The maximum Gasteiger partial charge on any atom is 0.227 e. The van der Waals surface area contributed by atoms with Gasteiger partial charge in [0.05, 0.1) is 17.6 Å². The summed E-state index contributed by atoms with van der Waals surface area (Å²) in [4.78, 5) is 10.4. The molecule has 2 aliphatic heterocycles. The molecule has 3 aromatic rings. The molecular formula is C26H27F2N5O. The van der Waals surface area contributed by atoms with Gasteiger partial charge in [0.15, 0.2) is 17.4 Å². The van der Waals surface area contributed by atoms with Crippen LogP contribution in [0.3, 0.4) is 0 Å². The number of aromatic nitrogens is 2. The van der Waals surface area contributed by atoms with Gasteiger partial charge in [-0.2, -0.15) is 0 Å². The zero-order chi connectivity index (χ0) is 24.0. The van der Waals surface area contributed by atoms with Gasteiger partial charge >= 0.3 is 0 Å². The molecule has 8 heteroatoms. The molecule has 0 aliphatic carbocycles. The first-order valence-corrected chi connectivity index (χ1v) is 11.4. The third-order valence-corrected chi connectivity index (χ3v) is 6.24. The highest BCUT2D eigenvalue weighted by atomic mass is 19.1. The zero-order valence-corrected chi connectivity index (χ0v) is 19.5. The van der Waals surface area contributed by atoms with Crippen LogP contribution < -0.4 is 20.3 Å². The summed E-state index contributed by atoms with van der Waals surface area (Å²) < 4.78 is 35.7. The molecule has 176 valence electrons. The highest BCUT2D eigenvalue weighted by Crippen LogP contribution is 2.43. The van der Waals surface area contributed by atoms with Crippen molar-refractivity contribution in [3.8, 4) is 17.0 Å². The summed E-state index contributed by atoms with van der Waals surface area (Å²) in [6.07, 6.45) is 1.67. The minimum Gasteiger partial charge on any atom is -0.479 e. The summed E-state index contributed by atoms with van der Waals surface area (Å²) >= 11 is 0. The molecule has 0 amide bonds. The van der Waals surface area contributed by atoms with Crippen molar-refractivity contribution in [2.24, 2.45) is 0 Å². The van der Waals surface area contributed by atoms with Crippen LogP contribution in [0.2, 0.25) is 0 Å². The number of rotatable bonds is 4. The van der Waals surface area contributed by atoms with E-state index in [1.165, 1.54) is 17.2 Å². The molecule has 0 fully saturated rings. The van der Waals surface area contributed by atoms with Crippen LogP contribution in [0, 0.1) is 11.6 Å². The van der Waals surface area contributed by atoms with Gasteiger partial charge in [-0.15, -0.1) is 0 Å². The molecule has 0 saturated carbocycles. The highest BCUT2D eigenvalue weighted by molar-refractivity contribution is 5.75. The molecule has 34 heavy (non-hydrogen) atoms. The van der Waals surface area contributed by atoms with E-state index in [2.05, 4.69) is 39.3 Å². The van der Waals surface area contributed by atoms with Gasteiger partial charge in [-0.3, -0.25) is 0 Å². The van der Waals surface area contributed by atoms with Crippen molar-refractivity contribution >= 4 is 17.3 Å². The van der Waals surface area contributed by atoms with E-state index in [9.17, 15) is 4.39 Å². The lowest BCUT2D eigenvalue weighted by Crippen LogP contribution is -2.40. The van der Waals surface area contributed by atoms with Crippen molar-refractivity contribution in [1.82, 2.24) is 15.3 Å². The summed E-state index contributed by atoms with van der Waals surface area (Å²) in [7, 11) is 0. The topological polar surface area (TPSA) is 62.3 Å². The van der Waals surface area contributed by atoms with E-state index >= 15 is 4.39 Å². The van der Waals surface area contributed by atoms with E-state index in [-0.39, 0.29) is 29.5 Å². The second-order valence-corrected chi connectivity index (χ2v) is 8.95. The summed E-state index contributed by atoms with van der Waals surface area (Å²) in [5.74, 6) is -0.845. The Hall–Kier alpha value is -3.52. The summed E-state index contributed by atoms with van der Waals surface area (Å²) in [5.41, 5.74) is 4.86. The summed E-state index contributed by atoms with van der Waals surface area (Å²) in [5, 5.41) is 6.50. The first kappa shape index (κ1) is 22.3. The summed E-state index contributed by atoms with van der Waals surface area (Å²) in [6.45, 7) is 11.7. The van der Waals surface area contributed by atoms with Gasteiger partial charge in [0, 0.05) is 23.8 Å². The van der Waals surface area contributed by atoms with E-state index in [1.54, 1.807) is 6.07 Å². The number of anilines is 3. The standard InChI is InChI=1S/C26H27F2N5O/c1-14(2)33-15(3)16(4)34-25-21(27)10-19(11-23(25)33)24-22(28)13-30-26(32-24)31-20-6-5-18-12-29-8-7-17(18)9-20/h5-6,9-11,13-14,16,29H,3,7-8,12H2,1-2,4H3,(H,30,31,32). The fraction of sp³-hybridized carbons (Fsp3) is 0.308. The molecule has 0 bridgehead atoms. The Morgan fingerprint density at radius 1 is 1.18 bits per heavy atom. The Balaban J connectivity index is 1.52. The second-order valence-electron chi connectivity index (χ2n) is 8.95. The Kier molecular flexibility index (Phi) is 5.69. The van der Waals surface area contributed by atoms with Gasteiger partial charge in [0.2, 0.25) is 5.95 Å². The third kappa shape index (κ3) is 3.98. The smallest absolute Gasteiger partial charge is 0.227 e. The molecule has 6 nitrogen and oxygen atoms in total. The number of nitrogens with zero attached hydrogens (tertiary/aromatic N) is 3. The maximum atomic E-state index is 15.1. The molecule has 0 radical (unpaired) electrons. The number of halogens is 2. The molecule has 2 aliphatic rings. The molecule has 2 N–H and O–H groups in total. The fourth-order valence-corrected chi connectivity index (χ4v) is 4.53. The Morgan fingerprint density at radius 2 is 2.00 bits per heavy atom. The molecule has 0 spiro atoms. The van der Waals surface area contributed by atoms with Gasteiger partial charge in [-0.1, -0.05) is 12.6 Å². The number of benzene rings is 2. The van der Waals surface area contributed by atoms with Crippen molar-refractivity contribution in [2.45, 2.75) is 45.9 Å². The van der Waals surface area contributed by atoms with Crippen LogP contribution >= 0.6 is 0 Å². The van der Waals surface area contributed by atoms with Gasteiger partial charge in [-0.05, 0) is 69.1 Å². The minimum absolute atomic E-state index is 0.00861. The first-order chi connectivity index (χ1) is 16.3. The zero-order valence-electron chi connectivity index (χ0n) is 19.5. The molecule has 2 aromatic carbocycles. The van der Waals surface area contributed by atoms with Crippen LogP contribution in [0.5, 0.6) is 5.75 Å². The Labute approximate surface area is 197 Å². The number of nitrogens with one attached hydrogen (secondary N) is 2. The molecule has 3 heterocycles. The lowest BCUT2D eigenvalue weighted by atomic mass is 10.0. The number of fused-ring (bicyclic) bond motifs is 2. The minimum atomic E-state index is -0.638. The lowest BCUT2D eigenvalue weighted by Gasteiger charge is -2.39. The van der Waals surface area contributed by atoms with Crippen LogP contribution in [0.15, 0.2) is 48.8 Å². The van der Waals surface area contributed by atoms with Crippen LogP contribution in [0.25, 0.3) is 11.3 Å². The van der Waals surface area contributed by atoms with Crippen molar-refractivity contribution in [2.75, 3.05) is 16.8 Å². The average molecular weight is 464 g/mol. The Morgan fingerprint density at radius 3 is 2.79 bits per heavy atom. The van der Waals surface area contributed by atoms with Crippen molar-refractivity contribution < 1.29 is 13.5 Å². The molecule has 1 unspecified atom stereocenters. The molecule has 0 saturated heterocycles. The van der Waals surface area contributed by atoms with Crippen molar-refractivity contribution in [3.63, 3.8) is 0 Å². The fourth-order valence-electron chi connectivity index (χ4n) is 4.53. The Bertz CT molecular complexity index is 1280.